The molecule has 0 heterocycles. The molecule has 102 valence electrons. The van der Waals surface area contributed by atoms with Crippen molar-refractivity contribution < 1.29 is 0 Å². The molecule has 1 atom stereocenters. The molecule has 0 fully saturated rings. The van der Waals surface area contributed by atoms with Gasteiger partial charge in [0.05, 0.1) is 0 Å². The van der Waals surface area contributed by atoms with Crippen molar-refractivity contribution in [2.45, 2.75) is 46.7 Å². The molecule has 0 aliphatic carbocycles. The summed E-state index contributed by atoms with van der Waals surface area (Å²) in [6, 6.07) is 9.01. The molecule has 1 aromatic carbocycles. The fourth-order valence-electron chi connectivity index (χ4n) is 1.88. The van der Waals surface area contributed by atoms with Gasteiger partial charge in [0.25, 0.3) is 0 Å². The van der Waals surface area contributed by atoms with E-state index in [1.54, 1.807) is 0 Å². The van der Waals surface area contributed by atoms with E-state index in [4.69, 9.17) is 5.73 Å². The van der Waals surface area contributed by atoms with E-state index < -0.39 is 0 Å². The highest BCUT2D eigenvalue weighted by atomic mass is 15.1. The molecule has 1 aromatic rings. The van der Waals surface area contributed by atoms with E-state index in [2.05, 4.69) is 63.9 Å². The maximum atomic E-state index is 6.19. The summed E-state index contributed by atoms with van der Waals surface area (Å²) in [5, 5.41) is 0. The van der Waals surface area contributed by atoms with E-state index >= 15 is 0 Å². The molecule has 2 N–H and O–H groups in total. The van der Waals surface area contributed by atoms with Gasteiger partial charge in [-0.05, 0) is 37.9 Å². The van der Waals surface area contributed by atoms with Crippen molar-refractivity contribution in [1.82, 2.24) is 4.90 Å². The SMILES string of the molecule is Cc1ccc(CN(C)CCC(N)C(C)(C)C)cc1. The largest absolute Gasteiger partial charge is 0.327 e. The molecule has 0 aliphatic rings. The topological polar surface area (TPSA) is 29.3 Å². The highest BCUT2D eigenvalue weighted by molar-refractivity contribution is 5.21. The number of rotatable bonds is 5. The molecular formula is C16H28N2. The van der Waals surface area contributed by atoms with Gasteiger partial charge in [-0.2, -0.15) is 0 Å². The maximum Gasteiger partial charge on any atom is 0.0230 e. The molecule has 0 spiro atoms. The first-order valence-corrected chi connectivity index (χ1v) is 6.78. The molecule has 0 amide bonds. The van der Waals surface area contributed by atoms with Gasteiger partial charge in [-0.25, -0.2) is 0 Å². The van der Waals surface area contributed by atoms with Gasteiger partial charge in [0.1, 0.15) is 0 Å². The van der Waals surface area contributed by atoms with Crippen LogP contribution in [0.4, 0.5) is 0 Å². The molecule has 2 nitrogen and oxygen atoms in total. The van der Waals surface area contributed by atoms with E-state index in [9.17, 15) is 0 Å². The van der Waals surface area contributed by atoms with E-state index in [1.165, 1.54) is 11.1 Å². The van der Waals surface area contributed by atoms with E-state index in [0.717, 1.165) is 19.5 Å². The Morgan fingerprint density at radius 3 is 2.22 bits per heavy atom. The number of nitrogens with zero attached hydrogens (tertiary/aromatic N) is 1. The first kappa shape index (κ1) is 15.2. The van der Waals surface area contributed by atoms with Crippen LogP contribution in [0.3, 0.4) is 0 Å². The van der Waals surface area contributed by atoms with Gasteiger partial charge in [0.2, 0.25) is 0 Å². The van der Waals surface area contributed by atoms with Gasteiger partial charge in [0.15, 0.2) is 0 Å². The van der Waals surface area contributed by atoms with Crippen molar-refractivity contribution in [3.8, 4) is 0 Å². The van der Waals surface area contributed by atoms with Crippen LogP contribution in [-0.4, -0.2) is 24.5 Å². The van der Waals surface area contributed by atoms with E-state index in [0.29, 0.717) is 0 Å². The fourth-order valence-corrected chi connectivity index (χ4v) is 1.88. The van der Waals surface area contributed by atoms with Crippen LogP contribution in [0.15, 0.2) is 24.3 Å². The van der Waals surface area contributed by atoms with Crippen molar-refractivity contribution in [3.05, 3.63) is 35.4 Å². The lowest BCUT2D eigenvalue weighted by atomic mass is 9.85. The Bertz CT molecular complexity index is 348. The van der Waals surface area contributed by atoms with Gasteiger partial charge in [-0.3, -0.25) is 0 Å². The van der Waals surface area contributed by atoms with Gasteiger partial charge < -0.3 is 10.6 Å². The lowest BCUT2D eigenvalue weighted by Crippen LogP contribution is -2.37. The minimum atomic E-state index is 0.199. The molecule has 0 aromatic heterocycles. The van der Waals surface area contributed by atoms with E-state index in [-0.39, 0.29) is 11.5 Å². The second-order valence-corrected chi connectivity index (χ2v) is 6.48. The number of hydrogen-bond acceptors (Lipinski definition) is 2. The summed E-state index contributed by atoms with van der Waals surface area (Å²) in [6.45, 7) is 10.8. The second kappa shape index (κ2) is 6.35. The maximum absolute atomic E-state index is 6.19. The first-order chi connectivity index (χ1) is 8.29. The van der Waals surface area contributed by atoms with Crippen molar-refractivity contribution in [1.29, 1.82) is 0 Å². The van der Waals surface area contributed by atoms with Crippen molar-refractivity contribution in [3.63, 3.8) is 0 Å². The van der Waals surface area contributed by atoms with Crippen molar-refractivity contribution >= 4 is 0 Å². The molecule has 18 heavy (non-hydrogen) atoms. The van der Waals surface area contributed by atoms with Crippen LogP contribution in [0.5, 0.6) is 0 Å². The highest BCUT2D eigenvalue weighted by Crippen LogP contribution is 2.20. The molecule has 1 rings (SSSR count). The smallest absolute Gasteiger partial charge is 0.0230 e. The lowest BCUT2D eigenvalue weighted by molar-refractivity contribution is 0.251. The minimum Gasteiger partial charge on any atom is -0.327 e. The van der Waals surface area contributed by atoms with Gasteiger partial charge in [-0.15, -0.1) is 0 Å². The van der Waals surface area contributed by atoms with Crippen LogP contribution < -0.4 is 5.73 Å². The third-order valence-corrected chi connectivity index (χ3v) is 3.51. The first-order valence-electron chi connectivity index (χ1n) is 6.78. The Kier molecular flexibility index (Phi) is 5.36. The summed E-state index contributed by atoms with van der Waals surface area (Å²) >= 11 is 0. The zero-order valence-electron chi connectivity index (χ0n) is 12.5. The average molecular weight is 248 g/mol. The van der Waals surface area contributed by atoms with Crippen LogP contribution in [0.2, 0.25) is 0 Å². The van der Waals surface area contributed by atoms with Crippen LogP contribution in [0.25, 0.3) is 0 Å². The fraction of sp³-hybridized carbons (Fsp3) is 0.625. The molecule has 0 bridgehead atoms. The Morgan fingerprint density at radius 1 is 1.17 bits per heavy atom. The average Bonchev–Trinajstić information content (AvgIpc) is 2.28. The summed E-state index contributed by atoms with van der Waals surface area (Å²) in [7, 11) is 2.16. The molecule has 0 radical (unpaired) electrons. The third kappa shape index (κ3) is 5.19. The van der Waals surface area contributed by atoms with Gasteiger partial charge in [-0.1, -0.05) is 50.6 Å². The summed E-state index contributed by atoms with van der Waals surface area (Å²) in [5.74, 6) is 0. The van der Waals surface area contributed by atoms with Crippen molar-refractivity contribution in [2.75, 3.05) is 13.6 Å². The molecular weight excluding hydrogens is 220 g/mol. The highest BCUT2D eigenvalue weighted by Gasteiger charge is 2.20. The standard InChI is InChI=1S/C16H28N2/c1-13-6-8-14(9-7-13)12-18(5)11-10-15(17)16(2,3)4/h6-9,15H,10-12,17H2,1-5H3. The Labute approximate surface area is 112 Å². The summed E-state index contributed by atoms with van der Waals surface area (Å²) in [5.41, 5.74) is 9.07. The van der Waals surface area contributed by atoms with Crippen LogP contribution in [0, 0.1) is 12.3 Å². The van der Waals surface area contributed by atoms with Gasteiger partial charge in [0, 0.05) is 12.6 Å². The van der Waals surface area contributed by atoms with Gasteiger partial charge >= 0.3 is 0 Å². The van der Waals surface area contributed by atoms with Crippen molar-refractivity contribution in [2.24, 2.45) is 11.1 Å². The number of aryl methyl sites for hydroxylation is 1. The predicted molar refractivity (Wildman–Crippen MR) is 79.6 cm³/mol. The van der Waals surface area contributed by atoms with Crippen LogP contribution >= 0.6 is 0 Å². The molecule has 1 unspecified atom stereocenters. The van der Waals surface area contributed by atoms with Crippen LogP contribution in [-0.2, 0) is 6.54 Å². The molecule has 0 saturated heterocycles. The Balaban J connectivity index is 2.38. The zero-order valence-corrected chi connectivity index (χ0v) is 12.5. The molecule has 0 aliphatic heterocycles. The number of nitrogens with two attached hydrogens (primary N) is 1. The zero-order chi connectivity index (χ0) is 13.8. The number of hydrogen-bond donors (Lipinski definition) is 1. The lowest BCUT2D eigenvalue weighted by Gasteiger charge is -2.28. The predicted octanol–water partition coefficient (Wildman–Crippen LogP) is 3.19. The monoisotopic (exact) mass is 248 g/mol. The molecule has 0 saturated carbocycles. The summed E-state index contributed by atoms with van der Waals surface area (Å²) in [4.78, 5) is 2.34. The Morgan fingerprint density at radius 2 is 1.72 bits per heavy atom. The quantitative estimate of drug-likeness (QED) is 0.867. The summed E-state index contributed by atoms with van der Waals surface area (Å²) < 4.78 is 0. The second-order valence-electron chi connectivity index (χ2n) is 6.48. The normalized spacial score (nSPS) is 13.9. The summed E-state index contributed by atoms with van der Waals surface area (Å²) in [6.07, 6.45) is 1.05. The number of benzene rings is 1. The third-order valence-electron chi connectivity index (χ3n) is 3.51. The van der Waals surface area contributed by atoms with Crippen LogP contribution in [0.1, 0.15) is 38.3 Å². The van der Waals surface area contributed by atoms with E-state index in [1.807, 2.05) is 0 Å². The minimum absolute atomic E-state index is 0.199. The molecule has 2 heteroatoms. The Hall–Kier alpha value is -0.860.